The highest BCUT2D eigenvalue weighted by Crippen LogP contribution is 2.49. The minimum Gasteiger partial charge on any atom is -0.494 e. The second kappa shape index (κ2) is 34.7. The fraction of sp³-hybridized carbons (Fsp3) is 0.300. The molecule has 1 aliphatic carbocycles. The number of benzene rings is 8. The Morgan fingerprint density at radius 3 is 1.36 bits per heavy atom. The van der Waals surface area contributed by atoms with Gasteiger partial charge in [0.1, 0.15) is 60.4 Å². The number of amides is 6. The van der Waals surface area contributed by atoms with Crippen LogP contribution in [0.4, 0.5) is 9.59 Å². The Kier molecular flexibility index (Phi) is 25.5. The number of thioether (sulfide) groups is 1. The third-order valence-corrected chi connectivity index (χ3v) is 17.9. The Labute approximate surface area is 588 Å². The second-order valence-corrected chi connectivity index (χ2v) is 27.3. The van der Waals surface area contributed by atoms with E-state index in [4.69, 9.17) is 23.7 Å². The van der Waals surface area contributed by atoms with E-state index in [9.17, 15) is 28.8 Å². The Balaban J connectivity index is 0.986. The molecule has 100 heavy (non-hydrogen) atoms. The zero-order valence-corrected chi connectivity index (χ0v) is 58.0. The predicted octanol–water partition coefficient (Wildman–Crippen LogP) is 11.4. The van der Waals surface area contributed by atoms with Gasteiger partial charge in [0.2, 0.25) is 23.6 Å². The lowest BCUT2D eigenvalue weighted by Gasteiger charge is -2.36. The van der Waals surface area contributed by atoms with Gasteiger partial charge in [-0.1, -0.05) is 212 Å². The quantitative estimate of drug-likeness (QED) is 0.0139. The molecule has 0 aliphatic heterocycles. The van der Waals surface area contributed by atoms with E-state index in [1.54, 1.807) is 120 Å². The number of rotatable bonds is 30. The Morgan fingerprint density at radius 2 is 0.860 bits per heavy atom. The number of carbonyl (C=O) groups is 8. The summed E-state index contributed by atoms with van der Waals surface area (Å²) in [4.78, 5) is 117. The van der Waals surface area contributed by atoms with Gasteiger partial charge in [-0.15, -0.1) is 11.8 Å². The van der Waals surface area contributed by atoms with E-state index in [1.807, 2.05) is 153 Å². The monoisotopic (exact) mass is 1370 g/mol. The molecule has 6 amide bonds. The molecule has 0 bridgehead atoms. The van der Waals surface area contributed by atoms with Crippen molar-refractivity contribution in [2.45, 2.75) is 126 Å². The summed E-state index contributed by atoms with van der Waals surface area (Å²) in [5.74, 6) is -5.17. The number of hydrogen-bond acceptors (Lipinski definition) is 14. The molecule has 9 rings (SSSR count). The van der Waals surface area contributed by atoms with Crippen LogP contribution in [-0.2, 0) is 71.9 Å². The third-order valence-electron chi connectivity index (χ3n) is 16.3. The minimum atomic E-state index is -1.80. The van der Waals surface area contributed by atoms with Gasteiger partial charge < -0.3 is 55.6 Å². The van der Waals surface area contributed by atoms with Crippen LogP contribution in [-0.4, -0.2) is 115 Å². The molecule has 0 aromatic heterocycles. The van der Waals surface area contributed by atoms with Crippen molar-refractivity contribution in [2.75, 3.05) is 25.5 Å². The van der Waals surface area contributed by atoms with Crippen molar-refractivity contribution in [2.24, 2.45) is 0 Å². The van der Waals surface area contributed by atoms with Crippen molar-refractivity contribution in [1.29, 1.82) is 0 Å². The molecule has 5 atom stereocenters. The average molecular weight is 1370 g/mol. The van der Waals surface area contributed by atoms with Gasteiger partial charge in [0.25, 0.3) is 0 Å². The lowest BCUT2D eigenvalue weighted by atomic mass is 9.84. The molecule has 20 heteroatoms. The van der Waals surface area contributed by atoms with Crippen molar-refractivity contribution < 1.29 is 62.0 Å². The molecule has 19 nitrogen and oxygen atoms in total. The van der Waals surface area contributed by atoms with Gasteiger partial charge in [0, 0.05) is 31.1 Å². The number of ether oxygens (including phenoxy) is 5. The van der Waals surface area contributed by atoms with Gasteiger partial charge in [-0.25, -0.2) is 14.4 Å². The fourth-order valence-corrected chi connectivity index (χ4v) is 13.3. The molecule has 0 saturated heterocycles. The topological polar surface area (TPSA) is 255 Å². The fourth-order valence-electron chi connectivity index (χ4n) is 11.7. The first-order valence-electron chi connectivity index (χ1n) is 33.3. The summed E-state index contributed by atoms with van der Waals surface area (Å²) < 4.78 is 27.9. The maximum absolute atomic E-state index is 15.3. The number of nitrogens with one attached hydrogen (secondary N) is 6. The van der Waals surface area contributed by atoms with E-state index in [2.05, 4.69) is 31.9 Å². The van der Waals surface area contributed by atoms with Crippen molar-refractivity contribution in [3.63, 3.8) is 0 Å². The smallest absolute Gasteiger partial charge is 0.408 e. The van der Waals surface area contributed by atoms with Crippen LogP contribution in [0.3, 0.4) is 0 Å². The Bertz CT molecular complexity index is 3920. The highest BCUT2D eigenvalue weighted by Gasteiger charge is 2.41. The third kappa shape index (κ3) is 20.7. The molecule has 0 spiro atoms. The molecule has 0 radical (unpaired) electrons. The second-order valence-electron chi connectivity index (χ2n) is 26.1. The summed E-state index contributed by atoms with van der Waals surface area (Å²) in [6, 6.07) is 62.1. The van der Waals surface area contributed by atoms with Crippen molar-refractivity contribution in [1.82, 2.24) is 31.9 Å². The van der Waals surface area contributed by atoms with E-state index in [-0.39, 0.29) is 37.7 Å². The average Bonchev–Trinajstić information content (AvgIpc) is 0.935. The van der Waals surface area contributed by atoms with Gasteiger partial charge in [-0.05, 0) is 116 Å². The summed E-state index contributed by atoms with van der Waals surface area (Å²) in [5, 5.41) is 16.3. The van der Waals surface area contributed by atoms with E-state index >= 15 is 9.59 Å². The largest absolute Gasteiger partial charge is 0.494 e. The van der Waals surface area contributed by atoms with Gasteiger partial charge in [-0.2, -0.15) is 0 Å². The number of esters is 2. The summed E-state index contributed by atoms with van der Waals surface area (Å²) in [6.07, 6.45) is -2.81. The summed E-state index contributed by atoms with van der Waals surface area (Å²) >= 11 is 1.36. The van der Waals surface area contributed by atoms with E-state index < -0.39 is 107 Å². The van der Waals surface area contributed by atoms with E-state index in [1.165, 1.54) is 11.8 Å². The molecular formula is C80H86N6O13S. The zero-order chi connectivity index (χ0) is 71.2. The van der Waals surface area contributed by atoms with Gasteiger partial charge in [0.05, 0.1) is 17.8 Å². The first kappa shape index (κ1) is 73.5. The molecule has 0 unspecified atom stereocenters. The summed E-state index contributed by atoms with van der Waals surface area (Å²) in [5.41, 5.74) is 6.45. The molecule has 0 heterocycles. The zero-order valence-electron chi connectivity index (χ0n) is 57.2. The molecule has 8 aromatic carbocycles. The molecule has 0 saturated carbocycles. The molecular weight excluding hydrogens is 1280 g/mol. The van der Waals surface area contributed by atoms with E-state index in [0.717, 1.165) is 38.9 Å². The maximum atomic E-state index is 15.3. The van der Waals surface area contributed by atoms with Crippen LogP contribution in [0.15, 0.2) is 224 Å². The van der Waals surface area contributed by atoms with E-state index in [0.29, 0.717) is 29.0 Å². The van der Waals surface area contributed by atoms with Gasteiger partial charge in [0.15, 0.2) is 0 Å². The SMILES string of the molecule is CCOc1ccc(COC(=O)[C@H](CSC(c2ccccc2)(c2ccccc2)c2ccccc2)NC(=O)[C@H](CC(=O)OC(C)(C)C)NC(=O)[C@H](CNC(=O)[C@H](Cc2ccccc2)NC(=O)[C@H](Cc2ccccc2)NC(=O)OCC2c3ccccc3-c3ccccc32)NC(=O)OC(C)(C)C)cc1. The van der Waals surface area contributed by atoms with Gasteiger partial charge >= 0.3 is 24.1 Å². The first-order valence-corrected chi connectivity index (χ1v) is 34.3. The van der Waals surface area contributed by atoms with Crippen LogP contribution in [0.5, 0.6) is 5.75 Å². The molecule has 0 fully saturated rings. The normalized spacial score (nSPS) is 13.4. The maximum Gasteiger partial charge on any atom is 0.408 e. The molecule has 1 aliphatic rings. The first-order chi connectivity index (χ1) is 48.0. The van der Waals surface area contributed by atoms with Gasteiger partial charge in [-0.3, -0.25) is 24.0 Å². The standard InChI is InChI=1S/C80H86N6O13S/c1-8-95-59-44-42-55(43-45-59)50-96-75(92)69(52-100-80(56-32-18-11-19-33-56,57-34-20-12-21-35-57)58-36-22-13-23-37-58)84-73(90)67(48-70(87)98-78(2,3)4)83-74(91)68(86-77(94)99-79(5,6)7)49-81-71(88)65(46-53-28-14-9-15-29-53)82-72(89)66(47-54-30-16-10-17-31-54)85-76(93)97-51-64-62-40-26-24-38-60(62)61-39-25-27-41-63(61)64/h9-45,64-69H,8,46-52H2,1-7H3,(H,81,88)(H,82,89)(H,83,91)(H,84,90)(H,85,93)(H,86,94)/t65-,66-,67-,68-,69-/m0/s1. The lowest BCUT2D eigenvalue weighted by molar-refractivity contribution is -0.156. The highest BCUT2D eigenvalue weighted by atomic mass is 32.2. The number of carbonyl (C=O) groups excluding carboxylic acids is 8. The van der Waals surface area contributed by atoms with Crippen LogP contribution in [0.2, 0.25) is 0 Å². The Morgan fingerprint density at radius 1 is 0.430 bits per heavy atom. The minimum absolute atomic E-state index is 0.00296. The summed E-state index contributed by atoms with van der Waals surface area (Å²) in [7, 11) is 0. The molecule has 520 valence electrons. The van der Waals surface area contributed by atoms with Crippen LogP contribution in [0, 0.1) is 0 Å². The molecule has 8 aromatic rings. The van der Waals surface area contributed by atoms with Crippen molar-refractivity contribution in [3.05, 3.63) is 269 Å². The number of fused-ring (bicyclic) bond motifs is 3. The summed E-state index contributed by atoms with van der Waals surface area (Å²) in [6.45, 7) is 11.1. The Hall–Kier alpha value is -10.7. The van der Waals surface area contributed by atoms with Crippen molar-refractivity contribution in [3.8, 4) is 16.9 Å². The number of hydrogen-bond donors (Lipinski definition) is 6. The highest BCUT2D eigenvalue weighted by molar-refractivity contribution is 8.00. The van der Waals surface area contributed by atoms with Crippen LogP contribution < -0.4 is 36.6 Å². The van der Waals surface area contributed by atoms with Crippen LogP contribution >= 0.6 is 11.8 Å². The van der Waals surface area contributed by atoms with Crippen molar-refractivity contribution >= 4 is 59.5 Å². The lowest BCUT2D eigenvalue weighted by Crippen LogP contribution is -2.60. The van der Waals surface area contributed by atoms with Crippen LogP contribution in [0.1, 0.15) is 105 Å². The van der Waals surface area contributed by atoms with Crippen LogP contribution in [0.25, 0.3) is 11.1 Å². The molecule has 6 N–H and O–H groups in total. The number of alkyl carbamates (subject to hydrolysis) is 2. The predicted molar refractivity (Wildman–Crippen MR) is 384 cm³/mol.